The summed E-state index contributed by atoms with van der Waals surface area (Å²) in [5, 5.41) is 0. The summed E-state index contributed by atoms with van der Waals surface area (Å²) in [5.41, 5.74) is 2.65. The third-order valence-corrected chi connectivity index (χ3v) is 5.79. The molecule has 0 fully saturated rings. The maximum Gasteiger partial charge on any atom is 0.308 e. The lowest BCUT2D eigenvalue weighted by Crippen LogP contribution is -2.39. The SMILES string of the molecule is CCCCCCCCc1ccc(OCOC(=O)CCC[N+](C)(C)Cc2ccccc2)cc1. The Morgan fingerprint density at radius 3 is 2.22 bits per heavy atom. The van der Waals surface area contributed by atoms with Crippen molar-refractivity contribution in [3.05, 3.63) is 65.7 Å². The first kappa shape index (κ1) is 25.9. The van der Waals surface area contributed by atoms with Crippen LogP contribution in [0.1, 0.15) is 69.4 Å². The lowest BCUT2D eigenvalue weighted by Gasteiger charge is -2.29. The monoisotopic (exact) mass is 440 g/mol. The van der Waals surface area contributed by atoms with Crippen LogP contribution in [-0.4, -0.2) is 37.9 Å². The van der Waals surface area contributed by atoms with Crippen LogP contribution in [0, 0.1) is 0 Å². The van der Waals surface area contributed by atoms with E-state index in [4.69, 9.17) is 9.47 Å². The maximum absolute atomic E-state index is 12.0. The fraction of sp³-hybridized carbons (Fsp3) is 0.536. The zero-order valence-electron chi connectivity index (χ0n) is 20.4. The number of aryl methyl sites for hydroxylation is 1. The first-order valence-electron chi connectivity index (χ1n) is 12.2. The summed E-state index contributed by atoms with van der Waals surface area (Å²) in [6.07, 6.45) is 10.2. The zero-order valence-corrected chi connectivity index (χ0v) is 20.4. The van der Waals surface area contributed by atoms with Crippen LogP contribution in [0.2, 0.25) is 0 Å². The van der Waals surface area contributed by atoms with Crippen molar-refractivity contribution < 1.29 is 18.8 Å². The molecule has 0 radical (unpaired) electrons. The fourth-order valence-electron chi connectivity index (χ4n) is 3.91. The Balaban J connectivity index is 1.56. The molecule has 0 heterocycles. The van der Waals surface area contributed by atoms with Crippen LogP contribution < -0.4 is 4.74 Å². The summed E-state index contributed by atoms with van der Waals surface area (Å²) >= 11 is 0. The van der Waals surface area contributed by atoms with Gasteiger partial charge in [-0.25, -0.2) is 0 Å². The van der Waals surface area contributed by atoms with Gasteiger partial charge in [0.15, 0.2) is 0 Å². The van der Waals surface area contributed by atoms with E-state index in [0.717, 1.165) is 36.2 Å². The van der Waals surface area contributed by atoms with Gasteiger partial charge in [-0.15, -0.1) is 0 Å². The van der Waals surface area contributed by atoms with E-state index in [1.807, 2.05) is 18.2 Å². The summed E-state index contributed by atoms with van der Waals surface area (Å²) in [5.74, 6) is 0.537. The number of quaternary nitrogens is 1. The Labute approximate surface area is 195 Å². The summed E-state index contributed by atoms with van der Waals surface area (Å²) in [6, 6.07) is 18.6. The Morgan fingerprint density at radius 2 is 1.50 bits per heavy atom. The van der Waals surface area contributed by atoms with E-state index in [2.05, 4.69) is 57.4 Å². The quantitative estimate of drug-likeness (QED) is 0.129. The minimum atomic E-state index is -0.204. The van der Waals surface area contributed by atoms with Crippen molar-refractivity contribution in [3.8, 4) is 5.75 Å². The van der Waals surface area contributed by atoms with Gasteiger partial charge in [-0.1, -0.05) is 81.5 Å². The largest absolute Gasteiger partial charge is 0.457 e. The second-order valence-corrected chi connectivity index (χ2v) is 9.35. The molecule has 0 amide bonds. The number of ether oxygens (including phenoxy) is 2. The number of esters is 1. The Morgan fingerprint density at radius 1 is 0.812 bits per heavy atom. The molecule has 0 atom stereocenters. The number of benzene rings is 2. The second-order valence-electron chi connectivity index (χ2n) is 9.35. The van der Waals surface area contributed by atoms with E-state index >= 15 is 0 Å². The fourth-order valence-corrected chi connectivity index (χ4v) is 3.91. The van der Waals surface area contributed by atoms with Crippen LogP contribution in [0.5, 0.6) is 5.75 Å². The second kappa shape index (κ2) is 14.7. The summed E-state index contributed by atoms with van der Waals surface area (Å²) in [7, 11) is 4.38. The number of rotatable bonds is 16. The van der Waals surface area contributed by atoms with E-state index in [9.17, 15) is 4.79 Å². The molecule has 0 saturated heterocycles. The lowest BCUT2D eigenvalue weighted by atomic mass is 10.1. The van der Waals surface area contributed by atoms with Gasteiger partial charge in [0.25, 0.3) is 0 Å². The van der Waals surface area contributed by atoms with Crippen LogP contribution >= 0.6 is 0 Å². The molecule has 2 rings (SSSR count). The molecule has 2 aromatic rings. The van der Waals surface area contributed by atoms with E-state index in [1.54, 1.807) is 0 Å². The van der Waals surface area contributed by atoms with E-state index in [0.29, 0.717) is 6.42 Å². The smallest absolute Gasteiger partial charge is 0.308 e. The van der Waals surface area contributed by atoms with Crippen LogP contribution in [-0.2, 0) is 22.5 Å². The summed E-state index contributed by atoms with van der Waals surface area (Å²) < 4.78 is 11.7. The number of hydrogen-bond donors (Lipinski definition) is 0. The average molecular weight is 441 g/mol. The van der Waals surface area contributed by atoms with Gasteiger partial charge < -0.3 is 14.0 Å². The van der Waals surface area contributed by atoms with Crippen LogP contribution in [0.3, 0.4) is 0 Å². The van der Waals surface area contributed by atoms with Crippen molar-refractivity contribution >= 4 is 5.97 Å². The molecule has 0 aliphatic carbocycles. The van der Waals surface area contributed by atoms with Gasteiger partial charge in [-0.2, -0.15) is 0 Å². The van der Waals surface area contributed by atoms with Crippen molar-refractivity contribution in [1.82, 2.24) is 0 Å². The predicted molar refractivity (Wildman–Crippen MR) is 131 cm³/mol. The van der Waals surface area contributed by atoms with Crippen LogP contribution in [0.15, 0.2) is 54.6 Å². The maximum atomic E-state index is 12.0. The van der Waals surface area contributed by atoms with Crippen molar-refractivity contribution in [1.29, 1.82) is 0 Å². The molecule has 0 aliphatic heterocycles. The third-order valence-electron chi connectivity index (χ3n) is 5.79. The number of carbonyl (C=O) groups excluding carboxylic acids is 1. The molecule has 32 heavy (non-hydrogen) atoms. The molecule has 0 spiro atoms. The number of hydrogen-bond acceptors (Lipinski definition) is 3. The highest BCUT2D eigenvalue weighted by molar-refractivity contribution is 5.69. The summed E-state index contributed by atoms with van der Waals surface area (Å²) in [6.45, 7) is 4.09. The molecule has 0 aliphatic rings. The Bertz CT molecular complexity index is 756. The number of unbranched alkanes of at least 4 members (excludes halogenated alkanes) is 5. The van der Waals surface area contributed by atoms with Crippen molar-refractivity contribution in [2.75, 3.05) is 27.4 Å². The van der Waals surface area contributed by atoms with Crippen molar-refractivity contribution in [3.63, 3.8) is 0 Å². The molecule has 176 valence electrons. The highest BCUT2D eigenvalue weighted by atomic mass is 16.7. The van der Waals surface area contributed by atoms with Gasteiger partial charge in [0.2, 0.25) is 6.79 Å². The molecule has 0 unspecified atom stereocenters. The predicted octanol–water partition coefficient (Wildman–Crippen LogP) is 6.53. The molecule has 0 N–H and O–H groups in total. The summed E-state index contributed by atoms with van der Waals surface area (Å²) in [4.78, 5) is 12.0. The Kier molecular flexibility index (Phi) is 11.9. The zero-order chi connectivity index (χ0) is 23.1. The first-order valence-corrected chi connectivity index (χ1v) is 12.2. The molecule has 0 bridgehead atoms. The van der Waals surface area contributed by atoms with E-state index < -0.39 is 0 Å². The van der Waals surface area contributed by atoms with Gasteiger partial charge in [0, 0.05) is 12.0 Å². The molecular formula is C28H42NO3+. The average Bonchev–Trinajstić information content (AvgIpc) is 2.77. The molecule has 2 aromatic carbocycles. The topological polar surface area (TPSA) is 35.5 Å². The molecule has 0 saturated carbocycles. The highest BCUT2D eigenvalue weighted by Crippen LogP contribution is 2.15. The molecule has 4 heteroatoms. The van der Waals surface area contributed by atoms with E-state index in [1.165, 1.54) is 49.7 Å². The van der Waals surface area contributed by atoms with Crippen LogP contribution in [0.4, 0.5) is 0 Å². The molecular weight excluding hydrogens is 398 g/mol. The normalized spacial score (nSPS) is 11.3. The van der Waals surface area contributed by atoms with Gasteiger partial charge in [-0.05, 0) is 30.5 Å². The van der Waals surface area contributed by atoms with Crippen molar-refractivity contribution in [2.45, 2.75) is 71.3 Å². The third kappa shape index (κ3) is 11.3. The van der Waals surface area contributed by atoms with Gasteiger partial charge in [0.1, 0.15) is 12.3 Å². The van der Waals surface area contributed by atoms with Gasteiger partial charge >= 0.3 is 5.97 Å². The minimum absolute atomic E-state index is 0.0299. The minimum Gasteiger partial charge on any atom is -0.457 e. The van der Waals surface area contributed by atoms with Gasteiger partial charge in [0.05, 0.1) is 27.1 Å². The van der Waals surface area contributed by atoms with Crippen LogP contribution in [0.25, 0.3) is 0 Å². The lowest BCUT2D eigenvalue weighted by molar-refractivity contribution is -0.903. The molecule has 4 nitrogen and oxygen atoms in total. The van der Waals surface area contributed by atoms with Crippen molar-refractivity contribution in [2.24, 2.45) is 0 Å². The number of carbonyl (C=O) groups is 1. The molecule has 0 aromatic heterocycles. The standard InChI is InChI=1S/C28H42NO3/c1-4-5-6-7-8-10-14-25-18-20-27(21-19-25)31-24-32-28(30)17-13-22-29(2,3)23-26-15-11-9-12-16-26/h9,11-12,15-16,18-21H,4-8,10,13-14,17,22-24H2,1-3H3/q+1. The number of nitrogens with zero attached hydrogens (tertiary/aromatic N) is 1. The Hall–Kier alpha value is -2.33. The van der Waals surface area contributed by atoms with Gasteiger partial charge in [-0.3, -0.25) is 4.79 Å². The van der Waals surface area contributed by atoms with E-state index in [-0.39, 0.29) is 12.8 Å². The first-order chi connectivity index (χ1) is 15.5. The highest BCUT2D eigenvalue weighted by Gasteiger charge is 2.16.